The van der Waals surface area contributed by atoms with Crippen molar-refractivity contribution >= 4 is 11.9 Å². The largest absolute Gasteiger partial charge is 0.480 e. The summed E-state index contributed by atoms with van der Waals surface area (Å²) in [5.41, 5.74) is 0.156. The first-order chi connectivity index (χ1) is 9.93. The highest BCUT2D eigenvalue weighted by Gasteiger charge is 2.19. The van der Waals surface area contributed by atoms with Crippen molar-refractivity contribution in [2.24, 2.45) is 0 Å². The van der Waals surface area contributed by atoms with Crippen molar-refractivity contribution in [3.05, 3.63) is 42.0 Å². The SMILES string of the molecule is C/C=C/CC(NC(=O)c1ccc(OC(F)F)cc1)C(=O)O. The van der Waals surface area contributed by atoms with Crippen LogP contribution >= 0.6 is 0 Å². The van der Waals surface area contributed by atoms with E-state index in [0.29, 0.717) is 0 Å². The summed E-state index contributed by atoms with van der Waals surface area (Å²) in [5.74, 6) is -1.83. The van der Waals surface area contributed by atoms with E-state index in [9.17, 15) is 18.4 Å². The Kier molecular flexibility index (Phi) is 6.32. The van der Waals surface area contributed by atoms with Crippen LogP contribution in [0.4, 0.5) is 8.78 Å². The van der Waals surface area contributed by atoms with Crippen LogP contribution in [0, 0.1) is 0 Å². The van der Waals surface area contributed by atoms with Gasteiger partial charge in [-0.3, -0.25) is 4.79 Å². The van der Waals surface area contributed by atoms with Crippen LogP contribution in [-0.4, -0.2) is 29.6 Å². The van der Waals surface area contributed by atoms with Crippen LogP contribution < -0.4 is 10.1 Å². The lowest BCUT2D eigenvalue weighted by molar-refractivity contribution is -0.139. The maximum Gasteiger partial charge on any atom is 0.387 e. The number of amides is 1. The molecule has 114 valence electrons. The van der Waals surface area contributed by atoms with Crippen molar-refractivity contribution in [1.82, 2.24) is 5.32 Å². The maximum atomic E-state index is 12.0. The zero-order chi connectivity index (χ0) is 15.8. The molecule has 0 saturated carbocycles. The molecule has 5 nitrogen and oxygen atoms in total. The van der Waals surface area contributed by atoms with Crippen LogP contribution in [0.2, 0.25) is 0 Å². The molecule has 1 aromatic rings. The van der Waals surface area contributed by atoms with Gasteiger partial charge in [-0.2, -0.15) is 8.78 Å². The molecule has 0 bridgehead atoms. The summed E-state index contributed by atoms with van der Waals surface area (Å²) in [4.78, 5) is 22.9. The molecule has 0 spiro atoms. The molecule has 0 heterocycles. The van der Waals surface area contributed by atoms with E-state index >= 15 is 0 Å². The molecule has 0 aliphatic rings. The first-order valence-corrected chi connectivity index (χ1v) is 6.13. The second-order valence-corrected chi connectivity index (χ2v) is 4.07. The van der Waals surface area contributed by atoms with E-state index in [-0.39, 0.29) is 17.7 Å². The van der Waals surface area contributed by atoms with Gasteiger partial charge in [-0.05, 0) is 37.6 Å². The van der Waals surface area contributed by atoms with Crippen molar-refractivity contribution < 1.29 is 28.2 Å². The Balaban J connectivity index is 2.71. The zero-order valence-electron chi connectivity index (χ0n) is 11.3. The number of aliphatic carboxylic acids is 1. The quantitative estimate of drug-likeness (QED) is 0.758. The van der Waals surface area contributed by atoms with Crippen molar-refractivity contribution in [3.8, 4) is 5.75 Å². The molecule has 1 aromatic carbocycles. The van der Waals surface area contributed by atoms with E-state index < -0.39 is 24.5 Å². The molecular weight excluding hydrogens is 284 g/mol. The van der Waals surface area contributed by atoms with Crippen molar-refractivity contribution in [2.75, 3.05) is 0 Å². The van der Waals surface area contributed by atoms with Crippen LogP contribution in [0.25, 0.3) is 0 Å². The lowest BCUT2D eigenvalue weighted by Gasteiger charge is -2.13. The molecular formula is C14H15F2NO4. The van der Waals surface area contributed by atoms with Crippen molar-refractivity contribution in [3.63, 3.8) is 0 Å². The van der Waals surface area contributed by atoms with E-state index in [2.05, 4.69) is 10.1 Å². The minimum absolute atomic E-state index is 0.0785. The highest BCUT2D eigenvalue weighted by atomic mass is 19.3. The standard InChI is InChI=1S/C14H15F2NO4/c1-2-3-4-11(13(19)20)17-12(18)9-5-7-10(8-6-9)21-14(15)16/h2-3,5-8,11,14H,4H2,1H3,(H,17,18)(H,19,20)/b3-2+. The van der Waals surface area contributed by atoms with E-state index in [1.165, 1.54) is 24.3 Å². The lowest BCUT2D eigenvalue weighted by atomic mass is 10.1. The predicted molar refractivity (Wildman–Crippen MR) is 71.4 cm³/mol. The van der Waals surface area contributed by atoms with E-state index in [0.717, 1.165) is 0 Å². The van der Waals surface area contributed by atoms with Crippen LogP contribution in [0.15, 0.2) is 36.4 Å². The molecule has 0 radical (unpaired) electrons. The molecule has 1 amide bonds. The average Bonchev–Trinajstić information content (AvgIpc) is 2.43. The molecule has 7 heteroatoms. The van der Waals surface area contributed by atoms with Crippen molar-refractivity contribution in [2.45, 2.75) is 26.0 Å². The Morgan fingerprint density at radius 2 is 1.95 bits per heavy atom. The Labute approximate surface area is 120 Å². The average molecular weight is 299 g/mol. The van der Waals surface area contributed by atoms with Gasteiger partial charge < -0.3 is 15.2 Å². The van der Waals surface area contributed by atoms with Crippen LogP contribution in [0.1, 0.15) is 23.7 Å². The van der Waals surface area contributed by atoms with Gasteiger partial charge in [-0.1, -0.05) is 12.2 Å². The van der Waals surface area contributed by atoms with Gasteiger partial charge >= 0.3 is 12.6 Å². The number of carboxylic acid groups (broad SMARTS) is 1. The third-order valence-corrected chi connectivity index (χ3v) is 2.55. The fourth-order valence-electron chi connectivity index (χ4n) is 1.52. The molecule has 21 heavy (non-hydrogen) atoms. The fraction of sp³-hybridized carbons (Fsp3) is 0.286. The Morgan fingerprint density at radius 3 is 2.43 bits per heavy atom. The Hall–Kier alpha value is -2.44. The number of carbonyl (C=O) groups excluding carboxylic acids is 1. The molecule has 0 fully saturated rings. The number of benzene rings is 1. The predicted octanol–water partition coefficient (Wildman–Crippen LogP) is 2.44. The summed E-state index contributed by atoms with van der Waals surface area (Å²) in [6.07, 6.45) is 3.46. The lowest BCUT2D eigenvalue weighted by Crippen LogP contribution is -2.40. The zero-order valence-corrected chi connectivity index (χ0v) is 11.3. The number of ether oxygens (including phenoxy) is 1. The summed E-state index contributed by atoms with van der Waals surface area (Å²) in [5, 5.41) is 11.3. The number of halogens is 2. The van der Waals surface area contributed by atoms with E-state index in [1.807, 2.05) is 0 Å². The minimum atomic E-state index is -2.94. The number of alkyl halides is 2. The Bertz CT molecular complexity index is 514. The van der Waals surface area contributed by atoms with E-state index in [4.69, 9.17) is 5.11 Å². The molecule has 0 aromatic heterocycles. The fourth-order valence-corrected chi connectivity index (χ4v) is 1.52. The van der Waals surface area contributed by atoms with Crippen LogP contribution in [0.3, 0.4) is 0 Å². The van der Waals surface area contributed by atoms with Gasteiger partial charge in [0.2, 0.25) is 0 Å². The number of rotatable bonds is 7. The van der Waals surface area contributed by atoms with Gasteiger partial charge in [0.1, 0.15) is 11.8 Å². The Morgan fingerprint density at radius 1 is 1.33 bits per heavy atom. The number of carbonyl (C=O) groups is 2. The molecule has 1 atom stereocenters. The maximum absolute atomic E-state index is 12.0. The third-order valence-electron chi connectivity index (χ3n) is 2.55. The van der Waals surface area contributed by atoms with Crippen LogP contribution in [-0.2, 0) is 4.79 Å². The van der Waals surface area contributed by atoms with E-state index in [1.54, 1.807) is 19.1 Å². The first kappa shape index (κ1) is 16.6. The number of hydrogen-bond donors (Lipinski definition) is 2. The van der Waals surface area contributed by atoms with Crippen LogP contribution in [0.5, 0.6) is 5.75 Å². The first-order valence-electron chi connectivity index (χ1n) is 6.13. The minimum Gasteiger partial charge on any atom is -0.480 e. The third kappa shape index (κ3) is 5.60. The normalized spacial score (nSPS) is 12.4. The topological polar surface area (TPSA) is 75.6 Å². The highest BCUT2D eigenvalue weighted by molar-refractivity contribution is 5.96. The monoisotopic (exact) mass is 299 g/mol. The molecule has 2 N–H and O–H groups in total. The van der Waals surface area contributed by atoms with Gasteiger partial charge in [0.25, 0.3) is 5.91 Å². The summed E-state index contributed by atoms with van der Waals surface area (Å²) >= 11 is 0. The van der Waals surface area contributed by atoms with Gasteiger partial charge in [0.15, 0.2) is 0 Å². The summed E-state index contributed by atoms with van der Waals surface area (Å²) in [6.45, 7) is -1.20. The number of carboxylic acids is 1. The number of hydrogen-bond acceptors (Lipinski definition) is 3. The van der Waals surface area contributed by atoms with Gasteiger partial charge in [0.05, 0.1) is 0 Å². The molecule has 0 saturated heterocycles. The van der Waals surface area contributed by atoms with Gasteiger partial charge in [-0.25, -0.2) is 4.79 Å². The number of nitrogens with one attached hydrogen (secondary N) is 1. The second kappa shape index (κ2) is 7.98. The van der Waals surface area contributed by atoms with Gasteiger partial charge in [0, 0.05) is 5.56 Å². The molecule has 1 unspecified atom stereocenters. The summed E-state index contributed by atoms with van der Waals surface area (Å²) in [6, 6.07) is 3.93. The molecule has 1 rings (SSSR count). The second-order valence-electron chi connectivity index (χ2n) is 4.07. The summed E-state index contributed by atoms with van der Waals surface area (Å²) in [7, 11) is 0. The molecule has 0 aliphatic heterocycles. The highest BCUT2D eigenvalue weighted by Crippen LogP contribution is 2.15. The van der Waals surface area contributed by atoms with Gasteiger partial charge in [-0.15, -0.1) is 0 Å². The van der Waals surface area contributed by atoms with Crippen molar-refractivity contribution in [1.29, 1.82) is 0 Å². The number of allylic oxidation sites excluding steroid dienone is 1. The molecule has 0 aliphatic carbocycles. The summed E-state index contributed by atoms with van der Waals surface area (Å²) < 4.78 is 28.1. The smallest absolute Gasteiger partial charge is 0.387 e.